The number of carbonyl (C=O) groups is 2. The van der Waals surface area contributed by atoms with Gasteiger partial charge in [0.05, 0.1) is 4.92 Å². The zero-order valence-corrected chi connectivity index (χ0v) is 11.9. The van der Waals surface area contributed by atoms with Gasteiger partial charge in [-0.2, -0.15) is 0 Å². The minimum Gasteiger partial charge on any atom is -0.456 e. The van der Waals surface area contributed by atoms with Gasteiger partial charge in [0.1, 0.15) is 11.2 Å². The molecule has 0 spiro atoms. The molecule has 0 saturated heterocycles. The highest BCUT2D eigenvalue weighted by Gasteiger charge is 2.26. The van der Waals surface area contributed by atoms with E-state index in [1.807, 2.05) is 0 Å². The molecule has 1 rings (SSSR count). The van der Waals surface area contributed by atoms with E-state index in [9.17, 15) is 19.7 Å². The quantitative estimate of drug-likeness (QED) is 0.365. The maximum atomic E-state index is 11.9. The van der Waals surface area contributed by atoms with E-state index in [1.54, 1.807) is 27.7 Å². The summed E-state index contributed by atoms with van der Waals surface area (Å²) < 4.78 is 5.11. The molecule has 0 aliphatic heterocycles. The SMILES string of the molecule is CCC(=O)c1ccc(C(=O)OC(C)(C)C)c([N+](=O)[O-])c1. The van der Waals surface area contributed by atoms with Crippen molar-refractivity contribution in [2.24, 2.45) is 0 Å². The average molecular weight is 279 g/mol. The largest absolute Gasteiger partial charge is 0.456 e. The van der Waals surface area contributed by atoms with E-state index >= 15 is 0 Å². The van der Waals surface area contributed by atoms with E-state index in [4.69, 9.17) is 4.74 Å². The molecule has 1 aromatic carbocycles. The second kappa shape index (κ2) is 5.81. The third-order valence-electron chi connectivity index (χ3n) is 2.46. The van der Waals surface area contributed by atoms with Crippen molar-refractivity contribution in [3.05, 3.63) is 39.4 Å². The molecule has 6 nitrogen and oxygen atoms in total. The Kier molecular flexibility index (Phi) is 4.60. The molecule has 108 valence electrons. The Morgan fingerprint density at radius 2 is 1.90 bits per heavy atom. The molecular weight excluding hydrogens is 262 g/mol. The summed E-state index contributed by atoms with van der Waals surface area (Å²) >= 11 is 0. The van der Waals surface area contributed by atoms with E-state index in [2.05, 4.69) is 0 Å². The Bertz CT molecular complexity index is 557. The fraction of sp³-hybridized carbons (Fsp3) is 0.429. The lowest BCUT2D eigenvalue weighted by atomic mass is 10.0. The van der Waals surface area contributed by atoms with Crippen LogP contribution in [0, 0.1) is 10.1 Å². The number of Topliss-reactive ketones (excluding diaryl/α,β-unsaturated/α-hetero) is 1. The van der Waals surface area contributed by atoms with E-state index in [1.165, 1.54) is 12.1 Å². The number of carbonyl (C=O) groups excluding carboxylic acids is 2. The zero-order valence-electron chi connectivity index (χ0n) is 11.9. The normalized spacial score (nSPS) is 11.0. The van der Waals surface area contributed by atoms with E-state index in [0.29, 0.717) is 0 Å². The van der Waals surface area contributed by atoms with Crippen LogP contribution in [0.15, 0.2) is 18.2 Å². The number of nitrogens with zero attached hydrogens (tertiary/aromatic N) is 1. The number of hydrogen-bond acceptors (Lipinski definition) is 5. The Morgan fingerprint density at radius 1 is 1.30 bits per heavy atom. The van der Waals surface area contributed by atoms with E-state index < -0.39 is 22.2 Å². The van der Waals surface area contributed by atoms with Crippen LogP contribution in [-0.4, -0.2) is 22.3 Å². The molecule has 0 aliphatic rings. The first kappa shape index (κ1) is 15.8. The summed E-state index contributed by atoms with van der Waals surface area (Å²) in [6, 6.07) is 3.78. The molecule has 0 radical (unpaired) electrons. The van der Waals surface area contributed by atoms with Crippen molar-refractivity contribution in [2.45, 2.75) is 39.7 Å². The Labute approximate surface area is 116 Å². The Hall–Kier alpha value is -2.24. The lowest BCUT2D eigenvalue weighted by Gasteiger charge is -2.19. The monoisotopic (exact) mass is 279 g/mol. The van der Waals surface area contributed by atoms with Crippen molar-refractivity contribution in [1.82, 2.24) is 0 Å². The number of ether oxygens (including phenoxy) is 1. The molecule has 0 aliphatic carbocycles. The number of nitro groups is 1. The maximum absolute atomic E-state index is 11.9. The Morgan fingerprint density at radius 3 is 2.35 bits per heavy atom. The number of esters is 1. The van der Waals surface area contributed by atoms with Gasteiger partial charge >= 0.3 is 5.97 Å². The summed E-state index contributed by atoms with van der Waals surface area (Å²) in [5.74, 6) is -0.997. The lowest BCUT2D eigenvalue weighted by molar-refractivity contribution is -0.385. The summed E-state index contributed by atoms with van der Waals surface area (Å²) in [7, 11) is 0. The van der Waals surface area contributed by atoms with Gasteiger partial charge in [0.2, 0.25) is 0 Å². The first-order chi connectivity index (χ1) is 9.15. The maximum Gasteiger partial charge on any atom is 0.345 e. The average Bonchev–Trinajstić information content (AvgIpc) is 2.34. The molecule has 20 heavy (non-hydrogen) atoms. The smallest absolute Gasteiger partial charge is 0.345 e. The molecule has 0 heterocycles. The molecule has 1 aromatic rings. The predicted molar refractivity (Wildman–Crippen MR) is 72.9 cm³/mol. The van der Waals surface area contributed by atoms with Crippen molar-refractivity contribution >= 4 is 17.4 Å². The fourth-order valence-corrected chi connectivity index (χ4v) is 1.57. The fourth-order valence-electron chi connectivity index (χ4n) is 1.57. The van der Waals surface area contributed by atoms with Crippen LogP contribution in [0.1, 0.15) is 54.8 Å². The second-order valence-electron chi connectivity index (χ2n) is 5.27. The van der Waals surface area contributed by atoms with Crippen LogP contribution in [0.4, 0.5) is 5.69 Å². The molecule has 6 heteroatoms. The molecule has 0 unspecified atom stereocenters. The molecular formula is C14H17NO5. The van der Waals surface area contributed by atoms with Gasteiger partial charge in [-0.15, -0.1) is 0 Å². The Balaban J connectivity index is 3.24. The molecule has 0 aromatic heterocycles. The molecule has 0 atom stereocenters. The van der Waals surface area contributed by atoms with Crippen LogP contribution >= 0.6 is 0 Å². The number of rotatable bonds is 4. The summed E-state index contributed by atoms with van der Waals surface area (Å²) in [5, 5.41) is 11.0. The lowest BCUT2D eigenvalue weighted by Crippen LogP contribution is -2.24. The van der Waals surface area contributed by atoms with Crippen molar-refractivity contribution in [1.29, 1.82) is 0 Å². The van der Waals surface area contributed by atoms with Crippen LogP contribution < -0.4 is 0 Å². The number of ketones is 1. The first-order valence-electron chi connectivity index (χ1n) is 6.20. The molecule has 0 saturated carbocycles. The first-order valence-corrected chi connectivity index (χ1v) is 6.20. The van der Waals surface area contributed by atoms with Gasteiger partial charge in [-0.05, 0) is 26.8 Å². The third kappa shape index (κ3) is 3.88. The topological polar surface area (TPSA) is 86.5 Å². The second-order valence-corrected chi connectivity index (χ2v) is 5.27. The van der Waals surface area contributed by atoms with Gasteiger partial charge in [-0.3, -0.25) is 14.9 Å². The van der Waals surface area contributed by atoms with E-state index in [0.717, 1.165) is 6.07 Å². The highest BCUT2D eigenvalue weighted by molar-refractivity contribution is 6.00. The van der Waals surface area contributed by atoms with Crippen LogP contribution in [0.25, 0.3) is 0 Å². The molecule has 0 amide bonds. The van der Waals surface area contributed by atoms with Crippen LogP contribution in [-0.2, 0) is 4.74 Å². The van der Waals surface area contributed by atoms with Crippen molar-refractivity contribution in [2.75, 3.05) is 0 Å². The minimum absolute atomic E-state index is 0.155. The highest BCUT2D eigenvalue weighted by Crippen LogP contribution is 2.24. The van der Waals surface area contributed by atoms with Crippen LogP contribution in [0.2, 0.25) is 0 Å². The number of nitro benzene ring substituents is 1. The summed E-state index contributed by atoms with van der Waals surface area (Å²) in [5.41, 5.74) is -1.11. The molecule has 0 fully saturated rings. The van der Waals surface area contributed by atoms with Gasteiger partial charge in [-0.1, -0.05) is 13.0 Å². The summed E-state index contributed by atoms with van der Waals surface area (Å²) in [4.78, 5) is 33.8. The van der Waals surface area contributed by atoms with Crippen molar-refractivity contribution < 1.29 is 19.2 Å². The van der Waals surface area contributed by atoms with Crippen LogP contribution in [0.5, 0.6) is 0 Å². The zero-order chi connectivity index (χ0) is 15.5. The molecule has 0 bridgehead atoms. The minimum atomic E-state index is -0.778. The highest BCUT2D eigenvalue weighted by atomic mass is 16.6. The van der Waals surface area contributed by atoms with Gasteiger partial charge in [0.25, 0.3) is 5.69 Å². The van der Waals surface area contributed by atoms with Gasteiger partial charge < -0.3 is 4.74 Å². The van der Waals surface area contributed by atoms with Crippen molar-refractivity contribution in [3.8, 4) is 0 Å². The van der Waals surface area contributed by atoms with Crippen molar-refractivity contribution in [3.63, 3.8) is 0 Å². The van der Waals surface area contributed by atoms with Crippen LogP contribution in [0.3, 0.4) is 0 Å². The predicted octanol–water partition coefficient (Wildman–Crippen LogP) is 3.14. The standard InChI is InChI=1S/C14H17NO5/c1-5-12(16)9-6-7-10(11(8-9)15(18)19)13(17)20-14(2,3)4/h6-8H,5H2,1-4H3. The van der Waals surface area contributed by atoms with Gasteiger partial charge in [0.15, 0.2) is 5.78 Å². The number of benzene rings is 1. The van der Waals surface area contributed by atoms with Gasteiger partial charge in [0, 0.05) is 18.1 Å². The summed E-state index contributed by atoms with van der Waals surface area (Å²) in [6.45, 7) is 6.68. The number of hydrogen-bond donors (Lipinski definition) is 0. The van der Waals surface area contributed by atoms with Gasteiger partial charge in [-0.25, -0.2) is 4.79 Å². The summed E-state index contributed by atoms with van der Waals surface area (Å²) in [6.07, 6.45) is 0.239. The third-order valence-corrected chi connectivity index (χ3v) is 2.46. The van der Waals surface area contributed by atoms with E-state index in [-0.39, 0.29) is 23.3 Å². The molecule has 0 N–H and O–H groups in total.